The molecule has 216 valence electrons. The molecule has 13 heteroatoms. The summed E-state index contributed by atoms with van der Waals surface area (Å²) in [6.07, 6.45) is 0.820. The van der Waals surface area contributed by atoms with E-state index in [4.69, 9.17) is 38.2 Å². The molecule has 1 aliphatic heterocycles. The van der Waals surface area contributed by atoms with Gasteiger partial charge in [0.05, 0.1) is 64.6 Å². The van der Waals surface area contributed by atoms with E-state index < -0.39 is 0 Å². The SMILES string of the molecule is CCCOCCOCCOCCOOCCOC(CNC(C)(C)C)COc1nsnc1N1CCOCC1. The van der Waals surface area contributed by atoms with E-state index in [9.17, 15) is 0 Å². The van der Waals surface area contributed by atoms with E-state index in [0.29, 0.717) is 85.1 Å². The van der Waals surface area contributed by atoms with Crippen LogP contribution in [-0.4, -0.2) is 119 Å². The van der Waals surface area contributed by atoms with Crippen LogP contribution in [0.5, 0.6) is 5.88 Å². The minimum absolute atomic E-state index is 0.0454. The first kappa shape index (κ1) is 32.1. The predicted molar refractivity (Wildman–Crippen MR) is 141 cm³/mol. The van der Waals surface area contributed by atoms with Crippen molar-refractivity contribution in [1.82, 2.24) is 14.1 Å². The lowest BCUT2D eigenvalue weighted by atomic mass is 10.1. The van der Waals surface area contributed by atoms with Gasteiger partial charge >= 0.3 is 0 Å². The first-order valence-electron chi connectivity index (χ1n) is 13.1. The van der Waals surface area contributed by atoms with E-state index in [-0.39, 0.29) is 11.6 Å². The first-order chi connectivity index (χ1) is 18.0. The topological polar surface area (TPSA) is 115 Å². The second kappa shape index (κ2) is 19.8. The molecule has 1 saturated heterocycles. The quantitative estimate of drug-likeness (QED) is 0.129. The van der Waals surface area contributed by atoms with Crippen molar-refractivity contribution in [1.29, 1.82) is 0 Å². The molecule has 0 spiro atoms. The highest BCUT2D eigenvalue weighted by atomic mass is 32.1. The Kier molecular flexibility index (Phi) is 17.2. The maximum absolute atomic E-state index is 6.02. The first-order valence-corrected chi connectivity index (χ1v) is 13.8. The molecule has 12 nitrogen and oxygen atoms in total. The van der Waals surface area contributed by atoms with Crippen LogP contribution < -0.4 is 15.0 Å². The summed E-state index contributed by atoms with van der Waals surface area (Å²) in [6, 6.07) is 0. The van der Waals surface area contributed by atoms with Crippen LogP contribution in [0.3, 0.4) is 0 Å². The number of aromatic nitrogens is 2. The summed E-state index contributed by atoms with van der Waals surface area (Å²) in [4.78, 5) is 12.5. The van der Waals surface area contributed by atoms with Crippen LogP contribution in [0.2, 0.25) is 0 Å². The molecule has 1 atom stereocenters. The number of anilines is 1. The minimum atomic E-state index is -0.197. The van der Waals surface area contributed by atoms with Gasteiger partial charge in [-0.3, -0.25) is 0 Å². The summed E-state index contributed by atoms with van der Waals surface area (Å²) in [6.45, 7) is 16.7. The molecule has 0 aromatic carbocycles. The fourth-order valence-electron chi connectivity index (χ4n) is 3.14. The highest BCUT2D eigenvalue weighted by molar-refractivity contribution is 6.99. The number of nitrogens with zero attached hydrogens (tertiary/aromatic N) is 3. The van der Waals surface area contributed by atoms with E-state index in [1.807, 2.05) is 0 Å². The second-order valence-electron chi connectivity index (χ2n) is 9.41. The van der Waals surface area contributed by atoms with Crippen molar-refractivity contribution >= 4 is 17.5 Å². The predicted octanol–water partition coefficient (Wildman–Crippen LogP) is 1.93. The average molecular weight is 551 g/mol. The van der Waals surface area contributed by atoms with Crippen molar-refractivity contribution in [2.75, 3.05) is 104 Å². The van der Waals surface area contributed by atoms with Crippen LogP contribution in [0.25, 0.3) is 0 Å². The van der Waals surface area contributed by atoms with Crippen LogP contribution >= 0.6 is 11.7 Å². The number of ether oxygens (including phenoxy) is 6. The molecular weight excluding hydrogens is 504 g/mol. The summed E-state index contributed by atoms with van der Waals surface area (Å²) in [5.41, 5.74) is -0.0454. The van der Waals surface area contributed by atoms with Gasteiger partial charge in [0.25, 0.3) is 5.88 Å². The molecule has 2 rings (SSSR count). The Hall–Kier alpha value is -1.16. The lowest BCUT2D eigenvalue weighted by molar-refractivity contribution is -0.304. The molecule has 1 fully saturated rings. The molecule has 1 aromatic rings. The lowest BCUT2D eigenvalue weighted by Gasteiger charge is -2.27. The summed E-state index contributed by atoms with van der Waals surface area (Å²) >= 11 is 1.15. The van der Waals surface area contributed by atoms with Gasteiger partial charge in [-0.05, 0) is 27.2 Å². The van der Waals surface area contributed by atoms with Crippen molar-refractivity contribution in [3.8, 4) is 5.88 Å². The zero-order valence-corrected chi connectivity index (χ0v) is 23.7. The Labute approximate surface area is 225 Å². The van der Waals surface area contributed by atoms with Crippen molar-refractivity contribution in [2.24, 2.45) is 0 Å². The van der Waals surface area contributed by atoms with Gasteiger partial charge in [0.1, 0.15) is 25.9 Å². The van der Waals surface area contributed by atoms with E-state index in [0.717, 1.165) is 43.7 Å². The smallest absolute Gasteiger partial charge is 0.270 e. The van der Waals surface area contributed by atoms with Gasteiger partial charge in [-0.25, -0.2) is 9.78 Å². The van der Waals surface area contributed by atoms with E-state index in [1.54, 1.807) is 0 Å². The Morgan fingerprint density at radius 2 is 1.51 bits per heavy atom. The Balaban J connectivity index is 1.56. The largest absolute Gasteiger partial charge is 0.472 e. The molecule has 1 aromatic heterocycles. The highest BCUT2D eigenvalue weighted by Gasteiger charge is 2.22. The van der Waals surface area contributed by atoms with Crippen molar-refractivity contribution in [3.05, 3.63) is 0 Å². The van der Waals surface area contributed by atoms with Crippen LogP contribution in [0.15, 0.2) is 0 Å². The molecular formula is C24H46N4O8S. The molecule has 0 bridgehead atoms. The third-order valence-electron chi connectivity index (χ3n) is 5.03. The zero-order chi connectivity index (χ0) is 26.6. The van der Waals surface area contributed by atoms with Crippen LogP contribution in [-0.2, 0) is 33.5 Å². The second-order valence-corrected chi connectivity index (χ2v) is 9.94. The number of hydrogen-bond donors (Lipinski definition) is 1. The standard InChI is InChI=1S/C24H46N4O8S/c1-5-8-29-11-12-31-13-14-32-15-17-35-36-18-16-33-21(19-25-24(2,3)4)20-34-23-22(26-37-27-23)28-6-9-30-10-7-28/h21,25H,5-20H2,1-4H3. The molecule has 37 heavy (non-hydrogen) atoms. The van der Waals surface area contributed by atoms with Gasteiger partial charge in [0.2, 0.25) is 5.82 Å². The number of morpholine rings is 1. The molecule has 0 aliphatic carbocycles. The van der Waals surface area contributed by atoms with E-state index in [2.05, 4.69) is 46.7 Å². The molecule has 0 radical (unpaired) electrons. The van der Waals surface area contributed by atoms with Gasteiger partial charge in [0, 0.05) is 31.8 Å². The van der Waals surface area contributed by atoms with Gasteiger partial charge in [0.15, 0.2) is 0 Å². The zero-order valence-electron chi connectivity index (χ0n) is 22.9. The molecule has 1 aliphatic rings. The Bertz CT molecular complexity index is 673. The normalized spacial score (nSPS) is 15.3. The summed E-state index contributed by atoms with van der Waals surface area (Å²) < 4.78 is 42.4. The van der Waals surface area contributed by atoms with E-state index >= 15 is 0 Å². The van der Waals surface area contributed by atoms with Crippen molar-refractivity contribution < 1.29 is 38.2 Å². The molecule has 0 amide bonds. The fourth-order valence-corrected chi connectivity index (χ4v) is 3.66. The number of rotatable bonds is 22. The molecule has 1 unspecified atom stereocenters. The Morgan fingerprint density at radius 1 is 0.892 bits per heavy atom. The highest BCUT2D eigenvalue weighted by Crippen LogP contribution is 2.26. The van der Waals surface area contributed by atoms with Gasteiger partial charge in [-0.1, -0.05) is 6.92 Å². The Morgan fingerprint density at radius 3 is 2.16 bits per heavy atom. The third-order valence-corrected chi connectivity index (χ3v) is 5.53. The molecule has 2 heterocycles. The summed E-state index contributed by atoms with van der Waals surface area (Å²) in [5, 5.41) is 3.46. The average Bonchev–Trinajstić information content (AvgIpc) is 3.36. The van der Waals surface area contributed by atoms with E-state index in [1.165, 1.54) is 0 Å². The van der Waals surface area contributed by atoms with Crippen LogP contribution in [0.1, 0.15) is 34.1 Å². The van der Waals surface area contributed by atoms with Crippen molar-refractivity contribution in [2.45, 2.75) is 45.8 Å². The lowest BCUT2D eigenvalue weighted by Crippen LogP contribution is -2.44. The maximum atomic E-state index is 6.02. The summed E-state index contributed by atoms with van der Waals surface area (Å²) in [5.74, 6) is 1.30. The van der Waals surface area contributed by atoms with Gasteiger partial charge in [-0.15, -0.1) is 4.37 Å². The molecule has 1 N–H and O–H groups in total. The fraction of sp³-hybridized carbons (Fsp3) is 0.917. The van der Waals surface area contributed by atoms with Crippen LogP contribution in [0.4, 0.5) is 5.82 Å². The van der Waals surface area contributed by atoms with Crippen LogP contribution in [0, 0.1) is 0 Å². The van der Waals surface area contributed by atoms with Crippen molar-refractivity contribution in [3.63, 3.8) is 0 Å². The number of nitrogens with one attached hydrogen (secondary N) is 1. The summed E-state index contributed by atoms with van der Waals surface area (Å²) in [7, 11) is 0. The van der Waals surface area contributed by atoms with Gasteiger partial charge < -0.3 is 38.6 Å². The minimum Gasteiger partial charge on any atom is -0.472 e. The monoisotopic (exact) mass is 550 g/mol. The number of hydrogen-bond acceptors (Lipinski definition) is 13. The third kappa shape index (κ3) is 15.8. The van der Waals surface area contributed by atoms with Gasteiger partial charge in [-0.2, -0.15) is 4.37 Å². The molecule has 0 saturated carbocycles. The maximum Gasteiger partial charge on any atom is 0.270 e.